The van der Waals surface area contributed by atoms with Gasteiger partial charge in [0.15, 0.2) is 0 Å². The molecular formula is C23H23N9O2. The van der Waals surface area contributed by atoms with Crippen LogP contribution in [0.1, 0.15) is 34.8 Å². The van der Waals surface area contributed by atoms with E-state index in [1.807, 2.05) is 10.9 Å². The molecule has 1 aliphatic rings. The Morgan fingerprint density at radius 2 is 2.09 bits per heavy atom. The van der Waals surface area contributed by atoms with Gasteiger partial charge in [-0.25, -0.2) is 4.98 Å². The van der Waals surface area contributed by atoms with Crippen LogP contribution in [0, 0.1) is 11.3 Å². The number of nitriles is 1. The summed E-state index contributed by atoms with van der Waals surface area (Å²) in [6.07, 6.45) is 7.88. The molecule has 0 aliphatic carbocycles. The number of nitrogens with zero attached hydrogens (tertiary/aromatic N) is 6. The van der Waals surface area contributed by atoms with Gasteiger partial charge < -0.3 is 21.3 Å². The van der Waals surface area contributed by atoms with Crippen molar-refractivity contribution >= 4 is 35.0 Å². The van der Waals surface area contributed by atoms with E-state index in [2.05, 4.69) is 38.3 Å². The minimum atomic E-state index is -0.702. The zero-order valence-electron chi connectivity index (χ0n) is 18.3. The summed E-state index contributed by atoms with van der Waals surface area (Å²) < 4.78 is 1.81. The lowest BCUT2D eigenvalue weighted by molar-refractivity contribution is -0.127. The number of primary amides is 1. The Balaban J connectivity index is 1.53. The van der Waals surface area contributed by atoms with Crippen LogP contribution >= 0.6 is 0 Å². The largest absolute Gasteiger partial charge is 0.365 e. The molecule has 172 valence electrons. The van der Waals surface area contributed by atoms with Crippen molar-refractivity contribution < 1.29 is 9.59 Å². The number of nitrogens with one attached hydrogen (secondary N) is 2. The number of hydrogen-bond donors (Lipinski definition) is 3. The van der Waals surface area contributed by atoms with Crippen LogP contribution in [0.4, 0.5) is 23.1 Å². The fourth-order valence-electron chi connectivity index (χ4n) is 3.77. The van der Waals surface area contributed by atoms with Gasteiger partial charge in [-0.15, -0.1) is 0 Å². The fourth-order valence-corrected chi connectivity index (χ4v) is 3.77. The number of carbonyl (C=O) groups excluding carboxylic acids is 2. The highest BCUT2D eigenvalue weighted by molar-refractivity contribution is 5.98. The highest BCUT2D eigenvalue weighted by atomic mass is 16.2. The van der Waals surface area contributed by atoms with Crippen LogP contribution in [-0.2, 0) is 4.79 Å². The van der Waals surface area contributed by atoms with Gasteiger partial charge in [0.1, 0.15) is 17.5 Å². The molecule has 4 rings (SSSR count). The number of hydrogen-bond acceptors (Lipinski definition) is 8. The molecule has 2 aromatic heterocycles. The molecule has 4 N–H and O–H groups in total. The third-order valence-corrected chi connectivity index (χ3v) is 5.47. The van der Waals surface area contributed by atoms with E-state index in [4.69, 9.17) is 5.73 Å². The second-order valence-corrected chi connectivity index (χ2v) is 7.72. The van der Waals surface area contributed by atoms with E-state index in [9.17, 15) is 14.9 Å². The van der Waals surface area contributed by atoms with Crippen LogP contribution in [0.15, 0.2) is 55.5 Å². The van der Waals surface area contributed by atoms with E-state index < -0.39 is 5.91 Å². The van der Waals surface area contributed by atoms with Gasteiger partial charge in [-0.2, -0.15) is 15.3 Å². The van der Waals surface area contributed by atoms with E-state index in [1.54, 1.807) is 35.4 Å². The smallest absolute Gasteiger partial charge is 0.254 e. The molecule has 11 nitrogen and oxygen atoms in total. The van der Waals surface area contributed by atoms with Gasteiger partial charge in [-0.3, -0.25) is 14.3 Å². The van der Waals surface area contributed by atoms with Gasteiger partial charge >= 0.3 is 0 Å². The molecule has 0 spiro atoms. The zero-order valence-corrected chi connectivity index (χ0v) is 18.3. The molecule has 3 heterocycles. The Labute approximate surface area is 195 Å². The molecule has 2 amide bonds. The van der Waals surface area contributed by atoms with Crippen molar-refractivity contribution in [2.75, 3.05) is 23.7 Å². The lowest BCUT2D eigenvalue weighted by Gasteiger charge is -2.32. The number of nitrogens with two attached hydrogens (primary N) is 1. The average Bonchev–Trinajstić information content (AvgIpc) is 3.32. The van der Waals surface area contributed by atoms with Crippen LogP contribution < -0.4 is 16.4 Å². The predicted octanol–water partition coefficient (Wildman–Crippen LogP) is 2.48. The van der Waals surface area contributed by atoms with Gasteiger partial charge in [-0.05, 0) is 31.1 Å². The van der Waals surface area contributed by atoms with Crippen molar-refractivity contribution in [3.63, 3.8) is 0 Å². The standard InChI is InChI=1S/C23H23N9O2/c1-2-20(33)31-9-5-7-17(14-31)32-13-16(11-27-32)28-23-26-12-18(21(25)34)22(30-23)29-19-8-4-3-6-15(19)10-24/h2-4,6,8,11-13,17H,1,5,7,9,14H2,(H2,25,34)(H2,26,28,29,30)/t17-/m1/s1. The van der Waals surface area contributed by atoms with Crippen molar-refractivity contribution in [3.8, 4) is 6.07 Å². The average molecular weight is 457 g/mol. The lowest BCUT2D eigenvalue weighted by Crippen LogP contribution is -2.39. The highest BCUT2D eigenvalue weighted by Gasteiger charge is 2.24. The van der Waals surface area contributed by atoms with E-state index in [1.165, 1.54) is 12.3 Å². The van der Waals surface area contributed by atoms with Gasteiger partial charge in [0, 0.05) is 25.5 Å². The molecule has 1 atom stereocenters. The van der Waals surface area contributed by atoms with Crippen LogP contribution in [-0.4, -0.2) is 49.6 Å². The first-order valence-corrected chi connectivity index (χ1v) is 10.6. The summed E-state index contributed by atoms with van der Waals surface area (Å²) in [5.74, 6) is -0.400. The number of piperidine rings is 1. The van der Waals surface area contributed by atoms with Gasteiger partial charge in [-0.1, -0.05) is 18.7 Å². The SMILES string of the molecule is C=CC(=O)N1CCC[C@@H](n2cc(Nc3ncc(C(N)=O)c(Nc4ccccc4C#N)n3)cn2)C1. The van der Waals surface area contributed by atoms with Crippen LogP contribution in [0.3, 0.4) is 0 Å². The van der Waals surface area contributed by atoms with Crippen molar-refractivity contribution in [2.45, 2.75) is 18.9 Å². The first-order valence-electron chi connectivity index (χ1n) is 10.6. The lowest BCUT2D eigenvalue weighted by atomic mass is 10.1. The van der Waals surface area contributed by atoms with Crippen molar-refractivity contribution in [1.29, 1.82) is 5.26 Å². The maximum atomic E-state index is 12.0. The number of rotatable bonds is 7. The first kappa shape index (κ1) is 22.5. The second-order valence-electron chi connectivity index (χ2n) is 7.72. The molecule has 3 aromatic rings. The predicted molar refractivity (Wildman–Crippen MR) is 126 cm³/mol. The maximum Gasteiger partial charge on any atom is 0.254 e. The van der Waals surface area contributed by atoms with E-state index in [0.29, 0.717) is 30.0 Å². The first-order chi connectivity index (χ1) is 16.5. The van der Waals surface area contributed by atoms with Crippen LogP contribution in [0.25, 0.3) is 0 Å². The summed E-state index contributed by atoms with van der Waals surface area (Å²) in [4.78, 5) is 34.2. The van der Waals surface area contributed by atoms with Gasteiger partial charge in [0.2, 0.25) is 11.9 Å². The minimum absolute atomic E-state index is 0.0473. The van der Waals surface area contributed by atoms with Crippen molar-refractivity contribution in [3.05, 3.63) is 66.6 Å². The summed E-state index contributed by atoms with van der Waals surface area (Å²) in [7, 11) is 0. The Morgan fingerprint density at radius 3 is 2.85 bits per heavy atom. The normalized spacial score (nSPS) is 15.3. The number of amides is 2. The maximum absolute atomic E-state index is 12.0. The number of likely N-dealkylation sites (tertiary alicyclic amines) is 1. The molecule has 1 saturated heterocycles. The molecule has 0 saturated carbocycles. The summed E-state index contributed by atoms with van der Waals surface area (Å²) in [6, 6.07) is 8.98. The Kier molecular flexibility index (Phi) is 6.49. The van der Waals surface area contributed by atoms with Crippen molar-refractivity contribution in [2.24, 2.45) is 5.73 Å². The number of para-hydroxylation sites is 1. The number of anilines is 4. The second kappa shape index (κ2) is 9.83. The molecule has 0 bridgehead atoms. The summed E-state index contributed by atoms with van der Waals surface area (Å²) in [5, 5.41) is 19.8. The summed E-state index contributed by atoms with van der Waals surface area (Å²) in [6.45, 7) is 4.82. The Morgan fingerprint density at radius 1 is 1.26 bits per heavy atom. The van der Waals surface area contributed by atoms with Gasteiger partial charge in [0.25, 0.3) is 5.91 Å². The van der Waals surface area contributed by atoms with Gasteiger partial charge in [0.05, 0.1) is 29.2 Å². The third kappa shape index (κ3) is 4.86. The molecule has 0 unspecified atom stereocenters. The number of aromatic nitrogens is 4. The summed E-state index contributed by atoms with van der Waals surface area (Å²) >= 11 is 0. The monoisotopic (exact) mass is 457 g/mol. The van der Waals surface area contributed by atoms with E-state index in [-0.39, 0.29) is 29.3 Å². The van der Waals surface area contributed by atoms with E-state index in [0.717, 1.165) is 12.8 Å². The topological polar surface area (TPSA) is 155 Å². The quantitative estimate of drug-likeness (QED) is 0.457. The van der Waals surface area contributed by atoms with E-state index >= 15 is 0 Å². The fraction of sp³-hybridized carbons (Fsp3) is 0.217. The van der Waals surface area contributed by atoms with Crippen LogP contribution in [0.5, 0.6) is 0 Å². The number of benzene rings is 1. The molecule has 1 fully saturated rings. The molecule has 0 radical (unpaired) electrons. The molecule has 34 heavy (non-hydrogen) atoms. The third-order valence-electron chi connectivity index (χ3n) is 5.47. The summed E-state index contributed by atoms with van der Waals surface area (Å²) in [5.41, 5.74) is 7.08. The molecule has 1 aliphatic heterocycles. The highest BCUT2D eigenvalue weighted by Crippen LogP contribution is 2.25. The van der Waals surface area contributed by atoms with Crippen molar-refractivity contribution in [1.82, 2.24) is 24.6 Å². The molecule has 1 aromatic carbocycles. The Bertz CT molecular complexity index is 1280. The van der Waals surface area contributed by atoms with Crippen LogP contribution in [0.2, 0.25) is 0 Å². The molecule has 11 heteroatoms. The Hall–Kier alpha value is -4.72. The minimum Gasteiger partial charge on any atom is -0.365 e. The molecular weight excluding hydrogens is 434 g/mol. The zero-order chi connectivity index (χ0) is 24.1. The number of carbonyl (C=O) groups is 2.